The molecule has 2 rings (SSSR count). The number of carbonyl (C=O) groups is 1. The average molecular weight is 313 g/mol. The lowest BCUT2D eigenvalue weighted by atomic mass is 10.1. The Morgan fingerprint density at radius 2 is 1.70 bits per heavy atom. The fraction of sp³-hybridized carbons (Fsp3) is 0.0714. The van der Waals surface area contributed by atoms with Crippen molar-refractivity contribution in [2.75, 3.05) is 5.32 Å². The van der Waals surface area contributed by atoms with Crippen LogP contribution < -0.4 is 11.1 Å². The molecule has 0 aromatic heterocycles. The molecular weight excluding hydrogens is 302 g/mol. The molecule has 0 aliphatic heterocycles. The Hall–Kier alpha value is -1.78. The highest BCUT2D eigenvalue weighted by molar-refractivity contribution is 6.36. The summed E-state index contributed by atoms with van der Waals surface area (Å²) < 4.78 is 13.6. The van der Waals surface area contributed by atoms with Crippen molar-refractivity contribution in [3.8, 4) is 0 Å². The molecule has 104 valence electrons. The number of amides is 1. The van der Waals surface area contributed by atoms with Gasteiger partial charge in [0.1, 0.15) is 11.9 Å². The number of carbonyl (C=O) groups excluding carboxylic acids is 1. The van der Waals surface area contributed by atoms with Crippen LogP contribution in [0.1, 0.15) is 11.6 Å². The largest absolute Gasteiger partial charge is 0.368 e. The smallest absolute Gasteiger partial charge is 0.244 e. The van der Waals surface area contributed by atoms with Gasteiger partial charge in [0, 0.05) is 15.6 Å². The quantitative estimate of drug-likeness (QED) is 0.903. The molecule has 0 aliphatic rings. The molecule has 0 radical (unpaired) electrons. The zero-order valence-electron chi connectivity index (χ0n) is 10.2. The minimum Gasteiger partial charge on any atom is -0.368 e. The lowest BCUT2D eigenvalue weighted by Gasteiger charge is -2.19. The zero-order chi connectivity index (χ0) is 14.7. The number of benzene rings is 2. The summed E-state index contributed by atoms with van der Waals surface area (Å²) in [4.78, 5) is 11.6. The third kappa shape index (κ3) is 3.03. The van der Waals surface area contributed by atoms with E-state index in [9.17, 15) is 9.18 Å². The van der Waals surface area contributed by atoms with Crippen LogP contribution in [0, 0.1) is 5.82 Å². The topological polar surface area (TPSA) is 55.1 Å². The molecule has 0 saturated carbocycles. The van der Waals surface area contributed by atoms with Crippen molar-refractivity contribution in [3.63, 3.8) is 0 Å². The molecule has 0 bridgehead atoms. The van der Waals surface area contributed by atoms with Crippen LogP contribution in [0.15, 0.2) is 42.5 Å². The SMILES string of the molecule is NC(=O)C(Nc1ccccc1F)c1c(Cl)cccc1Cl. The predicted octanol–water partition coefficient (Wildman–Crippen LogP) is 3.77. The molecular formula is C14H11Cl2FN2O. The standard InChI is InChI=1S/C14H11Cl2FN2O/c15-8-4-3-5-9(16)12(8)13(14(18)20)19-11-7-2-1-6-10(11)17/h1-7,13,19H,(H2,18,20). The molecule has 2 aromatic rings. The molecule has 0 heterocycles. The predicted molar refractivity (Wildman–Crippen MR) is 78.4 cm³/mol. The maximum atomic E-state index is 13.6. The van der Waals surface area contributed by atoms with Crippen molar-refractivity contribution in [1.82, 2.24) is 0 Å². The molecule has 0 aliphatic carbocycles. The average Bonchev–Trinajstić information content (AvgIpc) is 2.39. The number of hydrogen-bond acceptors (Lipinski definition) is 2. The van der Waals surface area contributed by atoms with Crippen LogP contribution in [0.4, 0.5) is 10.1 Å². The van der Waals surface area contributed by atoms with E-state index in [4.69, 9.17) is 28.9 Å². The Morgan fingerprint density at radius 3 is 2.25 bits per heavy atom. The highest BCUT2D eigenvalue weighted by Gasteiger charge is 2.24. The summed E-state index contributed by atoms with van der Waals surface area (Å²) in [5.41, 5.74) is 5.83. The van der Waals surface area contributed by atoms with Crippen molar-refractivity contribution in [1.29, 1.82) is 0 Å². The van der Waals surface area contributed by atoms with E-state index in [1.807, 2.05) is 0 Å². The van der Waals surface area contributed by atoms with Gasteiger partial charge in [-0.2, -0.15) is 0 Å². The van der Waals surface area contributed by atoms with E-state index in [1.54, 1.807) is 30.3 Å². The van der Waals surface area contributed by atoms with Gasteiger partial charge in [-0.1, -0.05) is 41.4 Å². The molecule has 2 aromatic carbocycles. The summed E-state index contributed by atoms with van der Waals surface area (Å²) in [7, 11) is 0. The Bertz CT molecular complexity index is 629. The second-order valence-corrected chi connectivity index (χ2v) is 4.91. The fourth-order valence-corrected chi connectivity index (χ4v) is 2.42. The second kappa shape index (κ2) is 6.11. The minimum atomic E-state index is -1.02. The first-order valence-corrected chi connectivity index (χ1v) is 6.50. The third-order valence-corrected chi connectivity index (χ3v) is 3.41. The normalized spacial score (nSPS) is 11.9. The maximum absolute atomic E-state index is 13.6. The number of nitrogens with two attached hydrogens (primary N) is 1. The van der Waals surface area contributed by atoms with E-state index in [2.05, 4.69) is 5.32 Å². The van der Waals surface area contributed by atoms with Gasteiger partial charge in [-0.15, -0.1) is 0 Å². The van der Waals surface area contributed by atoms with Crippen LogP contribution in [0.3, 0.4) is 0 Å². The van der Waals surface area contributed by atoms with Crippen molar-refractivity contribution < 1.29 is 9.18 Å². The summed E-state index contributed by atoms with van der Waals surface area (Å²) in [6.07, 6.45) is 0. The first kappa shape index (κ1) is 14.6. The Kier molecular flexibility index (Phi) is 4.47. The van der Waals surface area contributed by atoms with Gasteiger partial charge >= 0.3 is 0 Å². The first-order chi connectivity index (χ1) is 9.50. The van der Waals surface area contributed by atoms with E-state index in [0.717, 1.165) is 0 Å². The number of halogens is 3. The van der Waals surface area contributed by atoms with Crippen LogP contribution in [-0.4, -0.2) is 5.91 Å². The van der Waals surface area contributed by atoms with E-state index in [-0.39, 0.29) is 15.7 Å². The van der Waals surface area contributed by atoms with Gasteiger partial charge in [-0.3, -0.25) is 4.79 Å². The molecule has 3 N–H and O–H groups in total. The molecule has 1 atom stereocenters. The summed E-state index contributed by atoms with van der Waals surface area (Å²) in [6.45, 7) is 0. The summed E-state index contributed by atoms with van der Waals surface area (Å²) >= 11 is 12.1. The van der Waals surface area contributed by atoms with E-state index in [0.29, 0.717) is 5.56 Å². The van der Waals surface area contributed by atoms with Gasteiger partial charge in [0.25, 0.3) is 0 Å². The Balaban J connectivity index is 2.43. The molecule has 1 unspecified atom stereocenters. The molecule has 3 nitrogen and oxygen atoms in total. The second-order valence-electron chi connectivity index (χ2n) is 4.09. The number of primary amides is 1. The lowest BCUT2D eigenvalue weighted by Crippen LogP contribution is -2.28. The summed E-state index contributed by atoms with van der Waals surface area (Å²) in [5, 5.41) is 3.29. The maximum Gasteiger partial charge on any atom is 0.244 e. The van der Waals surface area contributed by atoms with E-state index < -0.39 is 17.8 Å². The van der Waals surface area contributed by atoms with Crippen LogP contribution >= 0.6 is 23.2 Å². The summed E-state index contributed by atoms with van der Waals surface area (Å²) in [6, 6.07) is 9.75. The van der Waals surface area contributed by atoms with Crippen molar-refractivity contribution >= 4 is 34.8 Å². The van der Waals surface area contributed by atoms with E-state index >= 15 is 0 Å². The molecule has 0 fully saturated rings. The van der Waals surface area contributed by atoms with E-state index in [1.165, 1.54) is 12.1 Å². The monoisotopic (exact) mass is 312 g/mol. The number of hydrogen-bond donors (Lipinski definition) is 2. The van der Waals surface area contributed by atoms with Gasteiger partial charge in [-0.25, -0.2) is 4.39 Å². The molecule has 0 saturated heterocycles. The van der Waals surface area contributed by atoms with Gasteiger partial charge in [0.05, 0.1) is 5.69 Å². The van der Waals surface area contributed by atoms with Gasteiger partial charge in [-0.05, 0) is 24.3 Å². The summed E-state index contributed by atoms with van der Waals surface area (Å²) in [5.74, 6) is -1.20. The van der Waals surface area contributed by atoms with Crippen LogP contribution in [0.5, 0.6) is 0 Å². The zero-order valence-corrected chi connectivity index (χ0v) is 11.8. The number of anilines is 1. The Labute approximate surface area is 125 Å². The highest BCUT2D eigenvalue weighted by Crippen LogP contribution is 2.32. The number of nitrogens with one attached hydrogen (secondary N) is 1. The van der Waals surface area contributed by atoms with Crippen molar-refractivity contribution in [2.45, 2.75) is 6.04 Å². The van der Waals surface area contributed by atoms with Crippen molar-refractivity contribution in [2.24, 2.45) is 5.73 Å². The molecule has 0 spiro atoms. The highest BCUT2D eigenvalue weighted by atomic mass is 35.5. The number of para-hydroxylation sites is 1. The van der Waals surface area contributed by atoms with Crippen LogP contribution in [-0.2, 0) is 4.79 Å². The molecule has 6 heteroatoms. The van der Waals surface area contributed by atoms with Crippen LogP contribution in [0.2, 0.25) is 10.0 Å². The molecule has 20 heavy (non-hydrogen) atoms. The molecule has 1 amide bonds. The van der Waals surface area contributed by atoms with Crippen molar-refractivity contribution in [3.05, 3.63) is 63.9 Å². The van der Waals surface area contributed by atoms with Gasteiger partial charge in [0.15, 0.2) is 0 Å². The number of rotatable bonds is 4. The Morgan fingerprint density at radius 1 is 1.10 bits per heavy atom. The third-order valence-electron chi connectivity index (χ3n) is 2.75. The lowest BCUT2D eigenvalue weighted by molar-refractivity contribution is -0.118. The first-order valence-electron chi connectivity index (χ1n) is 5.75. The van der Waals surface area contributed by atoms with Crippen LogP contribution in [0.25, 0.3) is 0 Å². The van der Waals surface area contributed by atoms with Gasteiger partial charge in [0.2, 0.25) is 5.91 Å². The van der Waals surface area contributed by atoms with Gasteiger partial charge < -0.3 is 11.1 Å². The minimum absolute atomic E-state index is 0.146. The fourth-order valence-electron chi connectivity index (χ4n) is 1.81.